The van der Waals surface area contributed by atoms with Gasteiger partial charge in [-0.3, -0.25) is 9.52 Å². The number of benzene rings is 2. The molecule has 0 unspecified atom stereocenters. The molecule has 0 saturated heterocycles. The molecular weight excluding hydrogens is 414 g/mol. The standard InChI is InChI=1S/C23H25N3O4S/c1-14-8-10-19(15(2)12-14)26-31(28,29)21-13-16(9-11-20(21)30-3)22-17-6-4-5-7-18(17)23(27)25-24-22/h8-13,26H,4-7H2,1-3H3,(H,25,27). The van der Waals surface area contributed by atoms with E-state index in [-0.39, 0.29) is 16.2 Å². The number of H-pyrrole nitrogens is 1. The van der Waals surface area contributed by atoms with E-state index in [1.807, 2.05) is 26.0 Å². The summed E-state index contributed by atoms with van der Waals surface area (Å²) >= 11 is 0. The summed E-state index contributed by atoms with van der Waals surface area (Å²) in [6.45, 7) is 3.81. The Bertz CT molecular complexity index is 1310. The summed E-state index contributed by atoms with van der Waals surface area (Å²) in [5.74, 6) is 0.235. The Balaban J connectivity index is 1.81. The largest absolute Gasteiger partial charge is 0.495 e. The van der Waals surface area contributed by atoms with Gasteiger partial charge >= 0.3 is 0 Å². The average molecular weight is 440 g/mol. The lowest BCUT2D eigenvalue weighted by molar-refractivity contribution is 0.403. The first-order valence-corrected chi connectivity index (χ1v) is 11.7. The van der Waals surface area contributed by atoms with Crippen LogP contribution in [0.5, 0.6) is 5.75 Å². The van der Waals surface area contributed by atoms with Crippen molar-refractivity contribution in [3.63, 3.8) is 0 Å². The number of hydrogen-bond donors (Lipinski definition) is 2. The van der Waals surface area contributed by atoms with Crippen LogP contribution < -0.4 is 15.0 Å². The molecule has 2 aromatic carbocycles. The first-order valence-electron chi connectivity index (χ1n) is 10.2. The van der Waals surface area contributed by atoms with Crippen molar-refractivity contribution in [3.05, 3.63) is 69.0 Å². The highest BCUT2D eigenvalue weighted by Crippen LogP contribution is 2.34. The Hall–Kier alpha value is -3.13. The molecule has 0 radical (unpaired) electrons. The Morgan fingerprint density at radius 1 is 1.03 bits per heavy atom. The summed E-state index contributed by atoms with van der Waals surface area (Å²) < 4.78 is 34.6. The van der Waals surface area contributed by atoms with E-state index >= 15 is 0 Å². The Kier molecular flexibility index (Phi) is 5.58. The van der Waals surface area contributed by atoms with Gasteiger partial charge in [-0.2, -0.15) is 5.10 Å². The van der Waals surface area contributed by atoms with Crippen LogP contribution in [0.1, 0.15) is 35.1 Å². The molecule has 0 bridgehead atoms. The van der Waals surface area contributed by atoms with Crippen LogP contribution in [0.2, 0.25) is 0 Å². The minimum atomic E-state index is -3.93. The zero-order valence-electron chi connectivity index (χ0n) is 17.8. The number of methoxy groups -OCH3 is 1. The van der Waals surface area contributed by atoms with Crippen LogP contribution in [0.4, 0.5) is 5.69 Å². The lowest BCUT2D eigenvalue weighted by atomic mass is 9.90. The van der Waals surface area contributed by atoms with Gasteiger partial charge in [-0.15, -0.1) is 0 Å². The van der Waals surface area contributed by atoms with E-state index in [1.165, 1.54) is 7.11 Å². The van der Waals surface area contributed by atoms with E-state index in [1.54, 1.807) is 24.3 Å². The van der Waals surface area contributed by atoms with Crippen LogP contribution in [-0.2, 0) is 22.9 Å². The quantitative estimate of drug-likeness (QED) is 0.631. The van der Waals surface area contributed by atoms with Crippen molar-refractivity contribution in [2.24, 2.45) is 0 Å². The second kappa shape index (κ2) is 8.19. The van der Waals surface area contributed by atoms with Crippen molar-refractivity contribution in [1.82, 2.24) is 10.2 Å². The molecule has 0 saturated carbocycles. The van der Waals surface area contributed by atoms with Gasteiger partial charge in [-0.05, 0) is 74.9 Å². The van der Waals surface area contributed by atoms with Crippen LogP contribution in [0, 0.1) is 13.8 Å². The maximum Gasteiger partial charge on any atom is 0.267 e. The Morgan fingerprint density at radius 3 is 2.48 bits per heavy atom. The maximum absolute atomic E-state index is 13.3. The van der Waals surface area contributed by atoms with Crippen molar-refractivity contribution in [1.29, 1.82) is 0 Å². The van der Waals surface area contributed by atoms with E-state index < -0.39 is 10.0 Å². The van der Waals surface area contributed by atoms with Gasteiger partial charge in [0.15, 0.2) is 0 Å². The van der Waals surface area contributed by atoms with Crippen LogP contribution in [0.25, 0.3) is 11.3 Å². The predicted molar refractivity (Wildman–Crippen MR) is 120 cm³/mol. The monoisotopic (exact) mass is 439 g/mol. The molecule has 162 valence electrons. The molecule has 2 N–H and O–H groups in total. The molecule has 1 aliphatic rings. The lowest BCUT2D eigenvalue weighted by Crippen LogP contribution is -2.21. The third-order valence-electron chi connectivity index (χ3n) is 5.65. The molecule has 0 amide bonds. The molecule has 0 aliphatic heterocycles. The van der Waals surface area contributed by atoms with E-state index in [2.05, 4.69) is 14.9 Å². The number of aryl methyl sites for hydroxylation is 2. The van der Waals surface area contributed by atoms with E-state index in [0.29, 0.717) is 23.4 Å². The van der Waals surface area contributed by atoms with E-state index in [0.717, 1.165) is 41.5 Å². The fourth-order valence-corrected chi connectivity index (χ4v) is 5.39. The van der Waals surface area contributed by atoms with E-state index in [9.17, 15) is 13.2 Å². The highest BCUT2D eigenvalue weighted by atomic mass is 32.2. The molecule has 1 aliphatic carbocycles. The molecule has 0 fully saturated rings. The summed E-state index contributed by atoms with van der Waals surface area (Å²) in [6, 6.07) is 10.5. The third kappa shape index (κ3) is 4.07. The molecule has 0 atom stereocenters. The second-order valence-electron chi connectivity index (χ2n) is 7.86. The first kappa shape index (κ1) is 21.1. The van der Waals surface area contributed by atoms with Gasteiger partial charge in [0.05, 0.1) is 18.5 Å². The molecule has 7 nitrogen and oxygen atoms in total. The number of fused-ring (bicyclic) bond motifs is 1. The van der Waals surface area contributed by atoms with Crippen molar-refractivity contribution in [2.45, 2.75) is 44.4 Å². The number of sulfonamides is 1. The Morgan fingerprint density at radius 2 is 1.77 bits per heavy atom. The molecule has 4 rings (SSSR count). The van der Waals surface area contributed by atoms with Gasteiger partial charge in [0.2, 0.25) is 0 Å². The number of nitrogens with one attached hydrogen (secondary N) is 2. The van der Waals surface area contributed by atoms with Crippen LogP contribution in [-0.4, -0.2) is 25.7 Å². The smallest absolute Gasteiger partial charge is 0.267 e. The molecular formula is C23H25N3O4S. The minimum absolute atomic E-state index is 0.0186. The topological polar surface area (TPSA) is 101 Å². The maximum atomic E-state index is 13.3. The van der Waals surface area contributed by atoms with Gasteiger partial charge in [-0.1, -0.05) is 17.7 Å². The summed E-state index contributed by atoms with van der Waals surface area (Å²) in [5, 5.41) is 6.82. The number of nitrogens with zero attached hydrogens (tertiary/aromatic N) is 1. The SMILES string of the molecule is COc1ccc(-c2n[nH]c(=O)c3c2CCCC3)cc1S(=O)(=O)Nc1ccc(C)cc1C. The molecule has 1 aromatic heterocycles. The lowest BCUT2D eigenvalue weighted by Gasteiger charge is -2.18. The van der Waals surface area contributed by atoms with E-state index in [4.69, 9.17) is 4.74 Å². The van der Waals surface area contributed by atoms with Gasteiger partial charge in [0.25, 0.3) is 15.6 Å². The third-order valence-corrected chi connectivity index (χ3v) is 7.04. The second-order valence-corrected chi connectivity index (χ2v) is 9.51. The number of aromatic amines is 1. The van der Waals surface area contributed by atoms with Crippen molar-refractivity contribution >= 4 is 15.7 Å². The minimum Gasteiger partial charge on any atom is -0.495 e. The molecule has 1 heterocycles. The summed E-state index contributed by atoms with van der Waals surface area (Å²) in [6.07, 6.45) is 3.38. The van der Waals surface area contributed by atoms with Gasteiger partial charge in [0.1, 0.15) is 10.6 Å². The molecule has 31 heavy (non-hydrogen) atoms. The zero-order chi connectivity index (χ0) is 22.2. The number of aromatic nitrogens is 2. The number of ether oxygens (including phenoxy) is 1. The van der Waals surface area contributed by atoms with Crippen LogP contribution in [0.15, 0.2) is 46.1 Å². The predicted octanol–water partition coefficient (Wildman–Crippen LogP) is 3.74. The molecule has 3 aromatic rings. The number of hydrogen-bond acceptors (Lipinski definition) is 5. The normalized spacial score (nSPS) is 13.5. The van der Waals surface area contributed by atoms with Crippen molar-refractivity contribution in [2.75, 3.05) is 11.8 Å². The molecule has 0 spiro atoms. The fraction of sp³-hybridized carbons (Fsp3) is 0.304. The first-order chi connectivity index (χ1) is 14.8. The highest BCUT2D eigenvalue weighted by Gasteiger charge is 2.24. The summed E-state index contributed by atoms with van der Waals surface area (Å²) in [4.78, 5) is 12.2. The van der Waals surface area contributed by atoms with Crippen LogP contribution in [0.3, 0.4) is 0 Å². The van der Waals surface area contributed by atoms with Crippen LogP contribution >= 0.6 is 0 Å². The van der Waals surface area contributed by atoms with Gasteiger partial charge < -0.3 is 4.74 Å². The molecule has 8 heteroatoms. The number of rotatable bonds is 5. The van der Waals surface area contributed by atoms with Crippen molar-refractivity contribution in [3.8, 4) is 17.0 Å². The van der Waals surface area contributed by atoms with Gasteiger partial charge in [-0.25, -0.2) is 13.5 Å². The van der Waals surface area contributed by atoms with Gasteiger partial charge in [0, 0.05) is 11.1 Å². The van der Waals surface area contributed by atoms with Crippen molar-refractivity contribution < 1.29 is 13.2 Å². The Labute approximate surface area is 181 Å². The zero-order valence-corrected chi connectivity index (χ0v) is 18.6. The highest BCUT2D eigenvalue weighted by molar-refractivity contribution is 7.92. The average Bonchev–Trinajstić information content (AvgIpc) is 2.76. The summed E-state index contributed by atoms with van der Waals surface area (Å²) in [7, 11) is -2.49. The fourth-order valence-electron chi connectivity index (χ4n) is 4.06. The number of anilines is 1. The summed E-state index contributed by atoms with van der Waals surface area (Å²) in [5.41, 5.74) is 5.09.